The lowest BCUT2D eigenvalue weighted by Crippen LogP contribution is -2.30. The largest absolute Gasteiger partial charge is 0.352 e. The number of nitrogens with zero attached hydrogens (tertiary/aromatic N) is 1. The Balaban J connectivity index is 2.11. The van der Waals surface area contributed by atoms with Crippen LogP contribution in [-0.2, 0) is 0 Å². The molecule has 1 heterocycles. The summed E-state index contributed by atoms with van der Waals surface area (Å²) in [5.41, 5.74) is 0.183. The topological polar surface area (TPSA) is 105 Å². The molecular weight excluding hydrogens is 262 g/mol. The summed E-state index contributed by atoms with van der Waals surface area (Å²) in [6.07, 6.45) is 0.226. The molecule has 104 valence electrons. The van der Waals surface area contributed by atoms with Crippen LogP contribution < -0.4 is 10.9 Å². The Labute approximate surface area is 113 Å². The Bertz CT molecular complexity index is 708. The first-order chi connectivity index (χ1) is 9.58. The van der Waals surface area contributed by atoms with Gasteiger partial charge in [0, 0.05) is 23.4 Å². The first-order valence-corrected chi connectivity index (χ1v) is 6.10. The number of carbonyl (C=O) groups excluding carboxylic acids is 1. The number of amides is 1. The molecule has 0 aliphatic carbocycles. The Hall–Kier alpha value is -2.70. The zero-order valence-electron chi connectivity index (χ0n) is 10.6. The summed E-state index contributed by atoms with van der Waals surface area (Å²) in [7, 11) is 0. The third-order valence-corrected chi connectivity index (χ3v) is 2.80. The lowest BCUT2D eigenvalue weighted by Gasteiger charge is -2.04. The van der Waals surface area contributed by atoms with E-state index in [9.17, 15) is 19.7 Å². The van der Waals surface area contributed by atoms with Gasteiger partial charge < -0.3 is 10.3 Å². The van der Waals surface area contributed by atoms with Gasteiger partial charge in [-0.15, -0.1) is 0 Å². The molecule has 2 rings (SSSR count). The van der Waals surface area contributed by atoms with Crippen LogP contribution in [0.3, 0.4) is 0 Å². The number of aromatic nitrogens is 1. The third kappa shape index (κ3) is 3.19. The summed E-state index contributed by atoms with van der Waals surface area (Å²) in [6.45, 7) is -0.0551. The van der Waals surface area contributed by atoms with Gasteiger partial charge in [0.2, 0.25) is 6.54 Å². The minimum atomic E-state index is -0.527. The molecule has 0 aliphatic rings. The van der Waals surface area contributed by atoms with Gasteiger partial charge >= 0.3 is 0 Å². The lowest BCUT2D eigenvalue weighted by molar-refractivity contribution is -0.480. The van der Waals surface area contributed by atoms with Crippen LogP contribution in [-0.4, -0.2) is 28.9 Å². The van der Waals surface area contributed by atoms with Crippen LogP contribution in [0.4, 0.5) is 0 Å². The van der Waals surface area contributed by atoms with Gasteiger partial charge in [0.05, 0.1) is 0 Å². The van der Waals surface area contributed by atoms with E-state index in [2.05, 4.69) is 10.3 Å². The predicted molar refractivity (Wildman–Crippen MR) is 73.4 cm³/mol. The molecule has 7 nitrogen and oxygen atoms in total. The van der Waals surface area contributed by atoms with Gasteiger partial charge in [-0.1, -0.05) is 18.2 Å². The zero-order chi connectivity index (χ0) is 14.5. The summed E-state index contributed by atoms with van der Waals surface area (Å²) in [6, 6.07) is 8.64. The van der Waals surface area contributed by atoms with E-state index >= 15 is 0 Å². The summed E-state index contributed by atoms with van der Waals surface area (Å²) in [5.74, 6) is -0.527. The molecule has 20 heavy (non-hydrogen) atoms. The van der Waals surface area contributed by atoms with Gasteiger partial charge in [0.25, 0.3) is 11.5 Å². The molecule has 0 atom stereocenters. The number of H-pyrrole nitrogens is 1. The van der Waals surface area contributed by atoms with Crippen LogP contribution in [0.25, 0.3) is 10.9 Å². The molecule has 0 radical (unpaired) electrons. The van der Waals surface area contributed by atoms with E-state index in [4.69, 9.17) is 0 Å². The molecule has 0 spiro atoms. The Morgan fingerprint density at radius 2 is 2.10 bits per heavy atom. The van der Waals surface area contributed by atoms with Crippen LogP contribution in [0.2, 0.25) is 0 Å². The molecule has 0 saturated heterocycles. The highest BCUT2D eigenvalue weighted by atomic mass is 16.6. The predicted octanol–water partition coefficient (Wildman–Crippen LogP) is 0.925. The van der Waals surface area contributed by atoms with Crippen molar-refractivity contribution in [2.75, 3.05) is 13.1 Å². The van der Waals surface area contributed by atoms with Gasteiger partial charge in [-0.05, 0) is 17.5 Å². The van der Waals surface area contributed by atoms with Gasteiger partial charge in [-0.2, -0.15) is 0 Å². The van der Waals surface area contributed by atoms with E-state index in [1.54, 1.807) is 24.3 Å². The highest BCUT2D eigenvalue weighted by Crippen LogP contribution is 2.09. The minimum absolute atomic E-state index is 0.00445. The molecule has 2 aromatic rings. The second kappa shape index (κ2) is 5.96. The van der Waals surface area contributed by atoms with E-state index in [1.165, 1.54) is 6.07 Å². The van der Waals surface area contributed by atoms with Crippen LogP contribution >= 0.6 is 0 Å². The maximum absolute atomic E-state index is 11.9. The van der Waals surface area contributed by atoms with E-state index in [1.807, 2.05) is 0 Å². The second-order valence-electron chi connectivity index (χ2n) is 4.27. The van der Waals surface area contributed by atoms with Crippen molar-refractivity contribution >= 4 is 16.8 Å². The monoisotopic (exact) mass is 275 g/mol. The fraction of sp³-hybridized carbons (Fsp3) is 0.231. The van der Waals surface area contributed by atoms with Crippen LogP contribution in [0.5, 0.6) is 0 Å². The summed E-state index contributed by atoms with van der Waals surface area (Å²) >= 11 is 0. The third-order valence-electron chi connectivity index (χ3n) is 2.80. The quantitative estimate of drug-likeness (QED) is 0.481. The molecule has 1 aromatic heterocycles. The smallest absolute Gasteiger partial charge is 0.261 e. The van der Waals surface area contributed by atoms with E-state index in [0.29, 0.717) is 5.52 Å². The number of hydrogen-bond acceptors (Lipinski definition) is 4. The number of para-hydroxylation sites is 1. The number of benzene rings is 1. The van der Waals surface area contributed by atoms with Crippen molar-refractivity contribution in [1.29, 1.82) is 0 Å². The van der Waals surface area contributed by atoms with E-state index in [-0.39, 0.29) is 25.1 Å². The molecular formula is C13H13N3O4. The number of hydrogen-bond donors (Lipinski definition) is 2. The second-order valence-corrected chi connectivity index (χ2v) is 4.27. The Morgan fingerprint density at radius 3 is 2.85 bits per heavy atom. The number of fused-ring (bicyclic) bond motifs is 1. The van der Waals surface area contributed by atoms with E-state index < -0.39 is 16.4 Å². The number of nitro groups is 1. The first-order valence-electron chi connectivity index (χ1n) is 6.10. The van der Waals surface area contributed by atoms with Crippen LogP contribution in [0.15, 0.2) is 35.1 Å². The molecule has 0 fully saturated rings. The number of rotatable bonds is 5. The lowest BCUT2D eigenvalue weighted by atomic mass is 10.1. The summed E-state index contributed by atoms with van der Waals surface area (Å²) in [4.78, 5) is 36.0. The maximum Gasteiger partial charge on any atom is 0.261 e. The molecule has 0 bridgehead atoms. The van der Waals surface area contributed by atoms with Gasteiger partial charge in [0.15, 0.2) is 0 Å². The van der Waals surface area contributed by atoms with Crippen molar-refractivity contribution in [3.05, 3.63) is 56.4 Å². The van der Waals surface area contributed by atoms with Crippen LogP contribution in [0.1, 0.15) is 16.8 Å². The van der Waals surface area contributed by atoms with Gasteiger partial charge in [-0.3, -0.25) is 19.7 Å². The van der Waals surface area contributed by atoms with Crippen molar-refractivity contribution in [2.45, 2.75) is 6.42 Å². The number of nitrogens with one attached hydrogen (secondary N) is 2. The minimum Gasteiger partial charge on any atom is -0.352 e. The summed E-state index contributed by atoms with van der Waals surface area (Å²) in [5, 5.41) is 13.4. The van der Waals surface area contributed by atoms with Crippen molar-refractivity contribution in [3.63, 3.8) is 0 Å². The molecule has 0 unspecified atom stereocenters. The zero-order valence-corrected chi connectivity index (χ0v) is 10.6. The average molecular weight is 275 g/mol. The van der Waals surface area contributed by atoms with Crippen molar-refractivity contribution in [3.8, 4) is 0 Å². The molecule has 1 amide bonds. The molecule has 2 N–H and O–H groups in total. The van der Waals surface area contributed by atoms with Crippen molar-refractivity contribution < 1.29 is 9.72 Å². The van der Waals surface area contributed by atoms with Crippen LogP contribution in [0, 0.1) is 10.1 Å². The fourth-order valence-corrected chi connectivity index (χ4v) is 1.82. The van der Waals surface area contributed by atoms with Crippen molar-refractivity contribution in [2.24, 2.45) is 0 Å². The number of aromatic amines is 1. The molecule has 1 aromatic carbocycles. The summed E-state index contributed by atoms with van der Waals surface area (Å²) < 4.78 is 0. The Morgan fingerprint density at radius 1 is 1.35 bits per heavy atom. The fourth-order valence-electron chi connectivity index (χ4n) is 1.82. The maximum atomic E-state index is 11.9. The molecule has 7 heteroatoms. The first kappa shape index (κ1) is 13.7. The normalized spacial score (nSPS) is 10.4. The standard InChI is InChI=1S/C13H13N3O4/c17-12(14-6-3-7-16(19)20)10-8-9-4-1-2-5-11(9)15-13(10)18/h1-2,4-5,8H,3,6-7H2,(H,14,17)(H,15,18). The highest BCUT2D eigenvalue weighted by molar-refractivity contribution is 5.97. The molecule has 0 aliphatic heterocycles. The highest BCUT2D eigenvalue weighted by Gasteiger charge is 2.11. The average Bonchev–Trinajstić information content (AvgIpc) is 2.42. The molecule has 0 saturated carbocycles. The number of carbonyl (C=O) groups is 1. The Kier molecular flexibility index (Phi) is 4.09. The van der Waals surface area contributed by atoms with Gasteiger partial charge in [0.1, 0.15) is 5.56 Å². The van der Waals surface area contributed by atoms with Gasteiger partial charge in [-0.25, -0.2) is 0 Å². The van der Waals surface area contributed by atoms with Crippen molar-refractivity contribution in [1.82, 2.24) is 10.3 Å². The van der Waals surface area contributed by atoms with E-state index in [0.717, 1.165) is 5.39 Å². The number of pyridine rings is 1. The SMILES string of the molecule is O=C(NCCC[N+](=O)[O-])c1cc2ccccc2[nH]c1=O.